The predicted molar refractivity (Wildman–Crippen MR) is 121 cm³/mol. The molecule has 0 bridgehead atoms. The van der Waals surface area contributed by atoms with Crippen LogP contribution in [0.2, 0.25) is 0 Å². The second kappa shape index (κ2) is 9.17. The van der Waals surface area contributed by atoms with Crippen molar-refractivity contribution >= 4 is 40.2 Å². The first-order valence-corrected chi connectivity index (χ1v) is 11.4. The topological polar surface area (TPSA) is 83.1 Å². The van der Waals surface area contributed by atoms with E-state index in [1.54, 1.807) is 25.1 Å². The van der Waals surface area contributed by atoms with Gasteiger partial charge in [0.2, 0.25) is 5.91 Å². The van der Waals surface area contributed by atoms with Gasteiger partial charge in [-0.2, -0.15) is 13.2 Å². The van der Waals surface area contributed by atoms with E-state index in [1.807, 2.05) is 20.8 Å². The van der Waals surface area contributed by atoms with Crippen LogP contribution in [-0.4, -0.2) is 53.6 Å². The van der Waals surface area contributed by atoms with Crippen molar-refractivity contribution in [3.63, 3.8) is 0 Å². The number of fused-ring (bicyclic) bond motifs is 1. The van der Waals surface area contributed by atoms with Gasteiger partial charge < -0.3 is 16.0 Å². The average Bonchev–Trinajstić information content (AvgIpc) is 2.69. The number of thioether (sulfide) groups is 1. The Balaban J connectivity index is 1.91. The molecule has 1 aromatic carbocycles. The van der Waals surface area contributed by atoms with Crippen LogP contribution in [0.15, 0.2) is 18.2 Å². The average molecular weight is 469 g/mol. The smallest absolute Gasteiger partial charge is 0.376 e. The standard InChI is InChI=1S/C22H27F3N4O2S/c1-12-5-17(20(31)26-8-14-9-32-10-18(30)28-14)29-19-15(12)6-13(27-11-22(23,24)25)7-16(19)21(2,3)4/h5-7,14,27H,8-11H2,1-4H3,(H,26,31)(H,28,30). The number of hydrogen-bond donors (Lipinski definition) is 3. The van der Waals surface area contributed by atoms with Crippen LogP contribution in [-0.2, 0) is 10.2 Å². The van der Waals surface area contributed by atoms with Crippen molar-refractivity contribution < 1.29 is 22.8 Å². The lowest BCUT2D eigenvalue weighted by atomic mass is 9.84. The maximum atomic E-state index is 12.8. The van der Waals surface area contributed by atoms with Crippen molar-refractivity contribution in [2.45, 2.75) is 45.3 Å². The molecular weight excluding hydrogens is 441 g/mol. The van der Waals surface area contributed by atoms with Gasteiger partial charge in [-0.3, -0.25) is 9.59 Å². The number of anilines is 1. The zero-order valence-electron chi connectivity index (χ0n) is 18.4. The highest BCUT2D eigenvalue weighted by molar-refractivity contribution is 8.00. The van der Waals surface area contributed by atoms with Crippen molar-refractivity contribution in [1.29, 1.82) is 0 Å². The van der Waals surface area contributed by atoms with Gasteiger partial charge in [-0.15, -0.1) is 11.8 Å². The first-order valence-electron chi connectivity index (χ1n) is 10.3. The molecule has 1 aromatic heterocycles. The van der Waals surface area contributed by atoms with Crippen LogP contribution < -0.4 is 16.0 Å². The molecule has 1 aliphatic rings. The zero-order valence-corrected chi connectivity index (χ0v) is 19.3. The van der Waals surface area contributed by atoms with E-state index in [0.717, 1.165) is 16.9 Å². The summed E-state index contributed by atoms with van der Waals surface area (Å²) >= 11 is 1.52. The first kappa shape index (κ1) is 24.2. The summed E-state index contributed by atoms with van der Waals surface area (Å²) in [5, 5.41) is 8.80. The van der Waals surface area contributed by atoms with Gasteiger partial charge >= 0.3 is 6.18 Å². The Labute approximate surface area is 189 Å². The second-order valence-corrected chi connectivity index (χ2v) is 9.98. The fourth-order valence-electron chi connectivity index (χ4n) is 3.50. The van der Waals surface area contributed by atoms with Gasteiger partial charge in [0, 0.05) is 23.4 Å². The quantitative estimate of drug-likeness (QED) is 0.622. The van der Waals surface area contributed by atoms with Gasteiger partial charge in [-0.1, -0.05) is 20.8 Å². The third kappa shape index (κ3) is 6.05. The number of hydrogen-bond acceptors (Lipinski definition) is 5. The monoisotopic (exact) mass is 468 g/mol. The summed E-state index contributed by atoms with van der Waals surface area (Å²) in [7, 11) is 0. The molecule has 174 valence electrons. The minimum Gasteiger partial charge on any atom is -0.376 e. The summed E-state index contributed by atoms with van der Waals surface area (Å²) in [6, 6.07) is 4.79. The van der Waals surface area contributed by atoms with Crippen LogP contribution in [0.5, 0.6) is 0 Å². The SMILES string of the molecule is Cc1cc(C(=O)NCC2CSCC(=O)N2)nc2c(C(C)(C)C)cc(NCC(F)(F)F)cc12. The molecule has 2 heterocycles. The Morgan fingerprint density at radius 2 is 1.97 bits per heavy atom. The third-order valence-corrected chi connectivity index (χ3v) is 6.18. The van der Waals surface area contributed by atoms with E-state index in [4.69, 9.17) is 0 Å². The molecule has 3 N–H and O–H groups in total. The maximum absolute atomic E-state index is 12.8. The number of amides is 2. The van der Waals surface area contributed by atoms with Crippen molar-refractivity contribution in [1.82, 2.24) is 15.6 Å². The lowest BCUT2D eigenvalue weighted by Crippen LogP contribution is -2.48. The summed E-state index contributed by atoms with van der Waals surface area (Å²) < 4.78 is 38.1. The number of halogens is 3. The molecule has 6 nitrogen and oxygen atoms in total. The normalized spacial score (nSPS) is 17.2. The van der Waals surface area contributed by atoms with E-state index in [9.17, 15) is 22.8 Å². The molecule has 3 rings (SSSR count). The molecular formula is C22H27F3N4O2S. The molecule has 0 saturated carbocycles. The van der Waals surface area contributed by atoms with Crippen LogP contribution in [0.3, 0.4) is 0 Å². The van der Waals surface area contributed by atoms with Gasteiger partial charge in [0.25, 0.3) is 5.91 Å². The third-order valence-electron chi connectivity index (χ3n) is 5.08. The Morgan fingerprint density at radius 1 is 1.25 bits per heavy atom. The number of carbonyl (C=O) groups excluding carboxylic acids is 2. The lowest BCUT2D eigenvalue weighted by Gasteiger charge is -2.24. The molecule has 2 aromatic rings. The second-order valence-electron chi connectivity index (χ2n) is 8.95. The van der Waals surface area contributed by atoms with Gasteiger partial charge in [-0.05, 0) is 41.7 Å². The Bertz CT molecular complexity index is 1030. The van der Waals surface area contributed by atoms with E-state index in [1.165, 1.54) is 11.8 Å². The van der Waals surface area contributed by atoms with Crippen LogP contribution >= 0.6 is 11.8 Å². The van der Waals surface area contributed by atoms with Gasteiger partial charge in [0.15, 0.2) is 0 Å². The molecule has 0 spiro atoms. The fraction of sp³-hybridized carbons (Fsp3) is 0.500. The summed E-state index contributed by atoms with van der Waals surface area (Å²) in [6.07, 6.45) is -4.33. The van der Waals surface area contributed by atoms with E-state index < -0.39 is 18.1 Å². The molecule has 2 amide bonds. The van der Waals surface area contributed by atoms with Crippen LogP contribution in [0.25, 0.3) is 10.9 Å². The predicted octanol–water partition coefficient (Wildman–Crippen LogP) is 3.78. The van der Waals surface area contributed by atoms with Crippen molar-refractivity contribution in [3.8, 4) is 0 Å². The van der Waals surface area contributed by atoms with E-state index in [2.05, 4.69) is 20.9 Å². The highest BCUT2D eigenvalue weighted by Gasteiger charge is 2.28. The highest BCUT2D eigenvalue weighted by atomic mass is 32.2. The highest BCUT2D eigenvalue weighted by Crippen LogP contribution is 2.34. The summed E-state index contributed by atoms with van der Waals surface area (Å²) in [4.78, 5) is 28.9. The van der Waals surface area contributed by atoms with Crippen molar-refractivity contribution in [3.05, 3.63) is 35.0 Å². The lowest BCUT2D eigenvalue weighted by molar-refractivity contribution is -0.119. The Morgan fingerprint density at radius 3 is 2.59 bits per heavy atom. The molecule has 1 saturated heterocycles. The molecule has 0 radical (unpaired) electrons. The number of pyridine rings is 1. The number of nitrogens with zero attached hydrogens (tertiary/aromatic N) is 1. The van der Waals surface area contributed by atoms with Crippen LogP contribution in [0.1, 0.15) is 42.4 Å². The van der Waals surface area contributed by atoms with Crippen LogP contribution in [0.4, 0.5) is 18.9 Å². The van der Waals surface area contributed by atoms with Crippen LogP contribution in [0, 0.1) is 6.92 Å². The van der Waals surface area contributed by atoms with Gasteiger partial charge in [-0.25, -0.2) is 4.98 Å². The molecule has 1 fully saturated rings. The fourth-order valence-corrected chi connectivity index (χ4v) is 4.38. The minimum atomic E-state index is -4.33. The maximum Gasteiger partial charge on any atom is 0.405 e. The number of aromatic nitrogens is 1. The molecule has 1 aliphatic heterocycles. The van der Waals surface area contributed by atoms with E-state index in [-0.39, 0.29) is 23.6 Å². The zero-order chi connectivity index (χ0) is 23.7. The summed E-state index contributed by atoms with van der Waals surface area (Å²) in [5.74, 6) is 0.729. The van der Waals surface area contributed by atoms with Crippen molar-refractivity contribution in [2.24, 2.45) is 0 Å². The Hall–Kier alpha value is -2.49. The number of carbonyl (C=O) groups is 2. The summed E-state index contributed by atoms with van der Waals surface area (Å²) in [6.45, 7) is 6.81. The Kier molecular flexibility index (Phi) is 6.92. The minimum absolute atomic E-state index is 0.0510. The molecule has 1 unspecified atom stereocenters. The largest absolute Gasteiger partial charge is 0.405 e. The molecule has 32 heavy (non-hydrogen) atoms. The number of alkyl halides is 3. The number of rotatable bonds is 5. The molecule has 0 aliphatic carbocycles. The van der Waals surface area contributed by atoms with Gasteiger partial charge in [0.1, 0.15) is 12.2 Å². The van der Waals surface area contributed by atoms with E-state index >= 15 is 0 Å². The first-order chi connectivity index (χ1) is 14.8. The van der Waals surface area contributed by atoms with Gasteiger partial charge in [0.05, 0.1) is 17.3 Å². The summed E-state index contributed by atoms with van der Waals surface area (Å²) in [5.41, 5.74) is 2.24. The van der Waals surface area contributed by atoms with E-state index in [0.29, 0.717) is 28.9 Å². The molecule has 1 atom stereocenters. The molecule has 10 heteroatoms. The number of nitrogens with one attached hydrogen (secondary N) is 3. The number of aryl methyl sites for hydroxylation is 1. The number of benzene rings is 1. The van der Waals surface area contributed by atoms with Crippen molar-refractivity contribution in [2.75, 3.05) is 29.9 Å².